The molecule has 0 aromatic carbocycles. The highest BCUT2D eigenvalue weighted by Gasteiger charge is 2.16. The van der Waals surface area contributed by atoms with Crippen molar-refractivity contribution in [3.63, 3.8) is 0 Å². The van der Waals surface area contributed by atoms with Crippen molar-refractivity contribution in [1.82, 2.24) is 4.90 Å². The third-order valence-electron chi connectivity index (χ3n) is 5.30. The van der Waals surface area contributed by atoms with E-state index < -0.39 is 0 Å². The first-order valence-corrected chi connectivity index (χ1v) is 10.8. The summed E-state index contributed by atoms with van der Waals surface area (Å²) in [5, 5.41) is 0. The van der Waals surface area contributed by atoms with Crippen LogP contribution in [0.15, 0.2) is 12.2 Å². The molecule has 0 spiro atoms. The molecule has 0 aliphatic heterocycles. The molecule has 136 valence electrons. The summed E-state index contributed by atoms with van der Waals surface area (Å²) >= 11 is 0. The molecule has 0 bridgehead atoms. The number of hydrogen-bond donors (Lipinski definition) is 0. The van der Waals surface area contributed by atoms with Gasteiger partial charge in [-0.3, -0.25) is 4.90 Å². The van der Waals surface area contributed by atoms with E-state index in [9.17, 15) is 0 Å². The fraction of sp³-hybridized carbons (Fsp3) is 0.909. The Kier molecular flexibility index (Phi) is 13.7. The third-order valence-corrected chi connectivity index (χ3v) is 5.30. The Morgan fingerprint density at radius 2 is 1.26 bits per heavy atom. The van der Waals surface area contributed by atoms with Gasteiger partial charge in [-0.25, -0.2) is 0 Å². The van der Waals surface area contributed by atoms with Gasteiger partial charge in [0.15, 0.2) is 0 Å². The zero-order valence-electron chi connectivity index (χ0n) is 16.2. The summed E-state index contributed by atoms with van der Waals surface area (Å²) < 4.78 is 0. The topological polar surface area (TPSA) is 3.24 Å². The predicted octanol–water partition coefficient (Wildman–Crippen LogP) is 7.12. The minimum atomic E-state index is 0.745. The largest absolute Gasteiger partial charge is 0.297 e. The van der Waals surface area contributed by atoms with E-state index in [1.807, 2.05) is 0 Å². The lowest BCUT2D eigenvalue weighted by Gasteiger charge is -2.31. The molecule has 23 heavy (non-hydrogen) atoms. The van der Waals surface area contributed by atoms with Crippen molar-refractivity contribution in [2.45, 2.75) is 116 Å². The molecule has 0 fully saturated rings. The Bertz CT molecular complexity index is 255. The van der Waals surface area contributed by atoms with Crippen molar-refractivity contribution >= 4 is 0 Å². The number of nitrogens with zero attached hydrogens (tertiary/aromatic N) is 1. The Morgan fingerprint density at radius 1 is 0.739 bits per heavy atom. The molecule has 1 heteroatoms. The monoisotopic (exact) mass is 321 g/mol. The average Bonchev–Trinajstić information content (AvgIpc) is 2.60. The maximum Gasteiger partial charge on any atom is 0.0278 e. The van der Waals surface area contributed by atoms with Crippen LogP contribution in [0.5, 0.6) is 0 Å². The smallest absolute Gasteiger partial charge is 0.0278 e. The van der Waals surface area contributed by atoms with Gasteiger partial charge in [0.1, 0.15) is 0 Å². The van der Waals surface area contributed by atoms with E-state index in [1.54, 1.807) is 0 Å². The van der Waals surface area contributed by atoms with Crippen LogP contribution in [0, 0.1) is 0 Å². The van der Waals surface area contributed by atoms with Gasteiger partial charge in [-0.2, -0.15) is 0 Å². The van der Waals surface area contributed by atoms with E-state index in [1.165, 1.54) is 109 Å². The summed E-state index contributed by atoms with van der Waals surface area (Å²) in [6.45, 7) is 7.27. The summed E-state index contributed by atoms with van der Waals surface area (Å²) in [6.07, 6.45) is 26.0. The summed E-state index contributed by atoms with van der Waals surface area (Å²) in [5.74, 6) is 0. The molecule has 0 amide bonds. The first kappa shape index (κ1) is 20.7. The first-order chi connectivity index (χ1) is 11.4. The van der Waals surface area contributed by atoms with Gasteiger partial charge in [0, 0.05) is 6.04 Å². The molecule has 1 unspecified atom stereocenters. The second-order valence-electron chi connectivity index (χ2n) is 7.50. The lowest BCUT2D eigenvalue weighted by molar-refractivity contribution is 0.204. The molecular weight excluding hydrogens is 278 g/mol. The minimum absolute atomic E-state index is 0.745. The molecule has 0 heterocycles. The molecular formula is C22H43N. The van der Waals surface area contributed by atoms with Crippen LogP contribution in [0.25, 0.3) is 0 Å². The van der Waals surface area contributed by atoms with Crippen LogP contribution in [-0.2, 0) is 0 Å². The molecule has 1 atom stereocenters. The molecule has 0 saturated carbocycles. The summed E-state index contributed by atoms with van der Waals surface area (Å²) in [6, 6.07) is 0.745. The van der Waals surface area contributed by atoms with E-state index >= 15 is 0 Å². The highest BCUT2D eigenvalue weighted by molar-refractivity contribution is 4.98. The second-order valence-corrected chi connectivity index (χ2v) is 7.50. The zero-order chi connectivity index (χ0) is 16.6. The predicted molar refractivity (Wildman–Crippen MR) is 105 cm³/mol. The van der Waals surface area contributed by atoms with Crippen molar-refractivity contribution in [1.29, 1.82) is 0 Å². The Balaban J connectivity index is 2.20. The molecule has 0 saturated heterocycles. The van der Waals surface area contributed by atoms with Gasteiger partial charge in [-0.1, -0.05) is 90.2 Å². The first-order valence-electron chi connectivity index (χ1n) is 10.8. The van der Waals surface area contributed by atoms with E-state index in [4.69, 9.17) is 0 Å². The van der Waals surface area contributed by atoms with Crippen LogP contribution in [0.2, 0.25) is 0 Å². The number of allylic oxidation sites excluding steroid dienone is 1. The molecule has 1 nitrogen and oxygen atoms in total. The zero-order valence-corrected chi connectivity index (χ0v) is 16.2. The molecule has 0 aromatic heterocycles. The van der Waals surface area contributed by atoms with E-state index in [2.05, 4.69) is 30.9 Å². The molecule has 0 N–H and O–H groups in total. The fourth-order valence-corrected chi connectivity index (χ4v) is 3.73. The SMILES string of the molecule is CCCCCCCCN(CCCCCCCC)C1C=CCCC1. The maximum absolute atomic E-state index is 2.80. The van der Waals surface area contributed by atoms with Gasteiger partial charge in [-0.15, -0.1) is 0 Å². The molecule has 1 aliphatic rings. The number of rotatable bonds is 15. The highest BCUT2D eigenvalue weighted by atomic mass is 15.1. The van der Waals surface area contributed by atoms with Crippen molar-refractivity contribution in [3.05, 3.63) is 12.2 Å². The van der Waals surface area contributed by atoms with Crippen molar-refractivity contribution in [2.75, 3.05) is 13.1 Å². The minimum Gasteiger partial charge on any atom is -0.297 e. The average molecular weight is 322 g/mol. The van der Waals surface area contributed by atoms with Crippen molar-refractivity contribution in [3.8, 4) is 0 Å². The Hall–Kier alpha value is -0.300. The van der Waals surface area contributed by atoms with Crippen LogP contribution >= 0.6 is 0 Å². The van der Waals surface area contributed by atoms with E-state index in [-0.39, 0.29) is 0 Å². The lowest BCUT2D eigenvalue weighted by Crippen LogP contribution is -2.36. The molecule has 1 aliphatic carbocycles. The molecule has 1 rings (SSSR count). The van der Waals surface area contributed by atoms with Crippen molar-refractivity contribution in [2.24, 2.45) is 0 Å². The van der Waals surface area contributed by atoms with Gasteiger partial charge >= 0.3 is 0 Å². The number of unbranched alkanes of at least 4 members (excludes halogenated alkanes) is 10. The quantitative estimate of drug-likeness (QED) is 0.229. The second kappa shape index (κ2) is 15.2. The Morgan fingerprint density at radius 3 is 1.74 bits per heavy atom. The van der Waals surface area contributed by atoms with Gasteiger partial charge < -0.3 is 0 Å². The standard InChI is InChI=1S/C22H43N/c1-3-5-7-9-11-16-20-23(22-18-14-13-15-19-22)21-17-12-10-8-6-4-2/h14,18,22H,3-13,15-17,19-21H2,1-2H3. The van der Waals surface area contributed by atoms with Crippen LogP contribution in [-0.4, -0.2) is 24.0 Å². The van der Waals surface area contributed by atoms with E-state index in [0.717, 1.165) is 6.04 Å². The summed E-state index contributed by atoms with van der Waals surface area (Å²) in [5.41, 5.74) is 0. The summed E-state index contributed by atoms with van der Waals surface area (Å²) in [4.78, 5) is 2.80. The molecule has 0 aromatic rings. The number of hydrogen-bond acceptors (Lipinski definition) is 1. The van der Waals surface area contributed by atoms with Crippen molar-refractivity contribution < 1.29 is 0 Å². The van der Waals surface area contributed by atoms with Crippen LogP contribution < -0.4 is 0 Å². The van der Waals surface area contributed by atoms with Gasteiger partial charge in [0.05, 0.1) is 0 Å². The van der Waals surface area contributed by atoms with Crippen LogP contribution in [0.1, 0.15) is 110 Å². The molecule has 0 radical (unpaired) electrons. The normalized spacial score (nSPS) is 18.0. The van der Waals surface area contributed by atoms with Gasteiger partial charge in [0.25, 0.3) is 0 Å². The van der Waals surface area contributed by atoms with Gasteiger partial charge in [0.2, 0.25) is 0 Å². The highest BCUT2D eigenvalue weighted by Crippen LogP contribution is 2.19. The van der Waals surface area contributed by atoms with Gasteiger partial charge in [-0.05, 0) is 45.2 Å². The lowest BCUT2D eigenvalue weighted by atomic mass is 10.00. The summed E-state index contributed by atoms with van der Waals surface area (Å²) in [7, 11) is 0. The van der Waals surface area contributed by atoms with Crippen LogP contribution in [0.4, 0.5) is 0 Å². The maximum atomic E-state index is 2.80. The van der Waals surface area contributed by atoms with Crippen LogP contribution in [0.3, 0.4) is 0 Å². The van der Waals surface area contributed by atoms with E-state index in [0.29, 0.717) is 0 Å². The fourth-order valence-electron chi connectivity index (χ4n) is 3.73. The third kappa shape index (κ3) is 11.0. The Labute approximate surface area is 146 Å².